The lowest BCUT2D eigenvalue weighted by Gasteiger charge is -2.11. The summed E-state index contributed by atoms with van der Waals surface area (Å²) in [5, 5.41) is 15.6. The van der Waals surface area contributed by atoms with Crippen molar-refractivity contribution in [3.8, 4) is 17.2 Å². The fraction of sp³-hybridized carbons (Fsp3) is 0.0455. The first-order chi connectivity index (χ1) is 14.4. The molecule has 0 aliphatic heterocycles. The van der Waals surface area contributed by atoms with Crippen molar-refractivity contribution in [1.82, 2.24) is 10.3 Å². The standard InChI is InChI=1S/C22H16FN3O3S/c1-12-5-7-17-19(9-12)29-21(25-17)16-11-15(6-8-18(16)27)24-22(30)26-20(28)13-3-2-4-14(23)10-13/h2-11,27H,1H3,(H2,24,26,28,30). The van der Waals surface area contributed by atoms with Crippen molar-refractivity contribution in [3.05, 3.63) is 77.6 Å². The van der Waals surface area contributed by atoms with Crippen molar-refractivity contribution in [3.63, 3.8) is 0 Å². The number of carbonyl (C=O) groups is 1. The number of rotatable bonds is 3. The number of halogens is 1. The van der Waals surface area contributed by atoms with Crippen LogP contribution >= 0.6 is 12.2 Å². The van der Waals surface area contributed by atoms with Gasteiger partial charge in [-0.25, -0.2) is 9.37 Å². The van der Waals surface area contributed by atoms with Gasteiger partial charge in [0.1, 0.15) is 17.1 Å². The van der Waals surface area contributed by atoms with E-state index < -0.39 is 11.7 Å². The van der Waals surface area contributed by atoms with E-state index in [-0.39, 0.29) is 22.3 Å². The van der Waals surface area contributed by atoms with Crippen LogP contribution in [0.15, 0.2) is 65.1 Å². The third-order valence-electron chi connectivity index (χ3n) is 4.34. The molecule has 4 rings (SSSR count). The van der Waals surface area contributed by atoms with Crippen molar-refractivity contribution < 1.29 is 18.7 Å². The number of aromatic hydroxyl groups is 1. The SMILES string of the molecule is Cc1ccc2nc(-c3cc(NC(=S)NC(=O)c4cccc(F)c4)ccc3O)oc2c1. The lowest BCUT2D eigenvalue weighted by Crippen LogP contribution is -2.34. The Bertz CT molecular complexity index is 1290. The van der Waals surface area contributed by atoms with Gasteiger partial charge in [0, 0.05) is 11.3 Å². The Morgan fingerprint density at radius 3 is 2.77 bits per heavy atom. The number of fused-ring (bicyclic) bond motifs is 1. The normalized spacial score (nSPS) is 10.7. The first-order valence-corrected chi connectivity index (χ1v) is 9.38. The van der Waals surface area contributed by atoms with Crippen molar-refractivity contribution in [2.75, 3.05) is 5.32 Å². The number of amides is 1. The maximum atomic E-state index is 13.3. The summed E-state index contributed by atoms with van der Waals surface area (Å²) < 4.78 is 19.1. The topological polar surface area (TPSA) is 87.4 Å². The number of nitrogens with zero attached hydrogens (tertiary/aromatic N) is 1. The Kier molecular flexibility index (Phi) is 5.16. The molecule has 0 aliphatic rings. The average molecular weight is 421 g/mol. The van der Waals surface area contributed by atoms with Crippen LogP contribution in [-0.4, -0.2) is 21.1 Å². The Morgan fingerprint density at radius 2 is 1.97 bits per heavy atom. The Labute approximate surface area is 176 Å². The van der Waals surface area contributed by atoms with Crippen LogP contribution in [0.4, 0.5) is 10.1 Å². The molecule has 6 nitrogen and oxygen atoms in total. The second kappa shape index (κ2) is 7.92. The number of anilines is 1. The number of phenols is 1. The van der Waals surface area contributed by atoms with Gasteiger partial charge in [0.2, 0.25) is 5.89 Å². The van der Waals surface area contributed by atoms with E-state index in [4.69, 9.17) is 16.6 Å². The fourth-order valence-corrected chi connectivity index (χ4v) is 3.11. The van der Waals surface area contributed by atoms with Crippen molar-refractivity contribution in [2.24, 2.45) is 0 Å². The molecule has 8 heteroatoms. The van der Waals surface area contributed by atoms with Gasteiger partial charge in [0.15, 0.2) is 10.7 Å². The van der Waals surface area contributed by atoms with Gasteiger partial charge in [-0.2, -0.15) is 0 Å². The first-order valence-electron chi connectivity index (χ1n) is 8.97. The van der Waals surface area contributed by atoms with Gasteiger partial charge in [-0.1, -0.05) is 12.1 Å². The Morgan fingerprint density at radius 1 is 1.13 bits per heavy atom. The average Bonchev–Trinajstić information content (AvgIpc) is 3.12. The third-order valence-corrected chi connectivity index (χ3v) is 4.55. The molecular weight excluding hydrogens is 405 g/mol. The Balaban J connectivity index is 1.54. The highest BCUT2D eigenvalue weighted by atomic mass is 32.1. The molecule has 0 bridgehead atoms. The molecule has 0 spiro atoms. The molecule has 1 heterocycles. The number of aromatic nitrogens is 1. The van der Waals surface area contributed by atoms with Gasteiger partial charge in [0.25, 0.3) is 5.91 Å². The quantitative estimate of drug-likeness (QED) is 0.326. The number of hydrogen-bond acceptors (Lipinski definition) is 5. The molecule has 150 valence electrons. The molecule has 0 aliphatic carbocycles. The summed E-state index contributed by atoms with van der Waals surface area (Å²) in [6.45, 7) is 1.95. The summed E-state index contributed by atoms with van der Waals surface area (Å²) in [5.74, 6) is -0.816. The monoisotopic (exact) mass is 421 g/mol. The molecule has 0 unspecified atom stereocenters. The lowest BCUT2D eigenvalue weighted by atomic mass is 10.1. The first kappa shape index (κ1) is 19.5. The number of oxazole rings is 1. The smallest absolute Gasteiger partial charge is 0.257 e. The van der Waals surface area contributed by atoms with E-state index in [0.717, 1.165) is 11.6 Å². The minimum atomic E-state index is -0.541. The van der Waals surface area contributed by atoms with E-state index in [1.54, 1.807) is 12.1 Å². The molecule has 0 fully saturated rings. The summed E-state index contributed by atoms with van der Waals surface area (Å²) in [6, 6.07) is 15.6. The van der Waals surface area contributed by atoms with E-state index in [9.17, 15) is 14.3 Å². The molecule has 0 atom stereocenters. The molecule has 3 aromatic carbocycles. The summed E-state index contributed by atoms with van der Waals surface area (Å²) in [7, 11) is 0. The van der Waals surface area contributed by atoms with Crippen LogP contribution in [0.25, 0.3) is 22.6 Å². The summed E-state index contributed by atoms with van der Waals surface area (Å²) in [4.78, 5) is 16.6. The number of thiocarbonyl (C=S) groups is 1. The zero-order valence-electron chi connectivity index (χ0n) is 15.8. The van der Waals surface area contributed by atoms with Crippen LogP contribution in [0.2, 0.25) is 0 Å². The van der Waals surface area contributed by atoms with E-state index >= 15 is 0 Å². The second-order valence-electron chi connectivity index (χ2n) is 6.64. The molecule has 3 N–H and O–H groups in total. The fourth-order valence-electron chi connectivity index (χ4n) is 2.90. The number of phenolic OH excluding ortho intramolecular Hbond substituents is 1. The molecule has 0 saturated carbocycles. The van der Waals surface area contributed by atoms with Crippen LogP contribution in [-0.2, 0) is 0 Å². The van der Waals surface area contributed by atoms with Gasteiger partial charge in [-0.15, -0.1) is 0 Å². The van der Waals surface area contributed by atoms with E-state index in [0.29, 0.717) is 22.4 Å². The maximum absolute atomic E-state index is 13.3. The van der Waals surface area contributed by atoms with Gasteiger partial charge < -0.3 is 14.8 Å². The van der Waals surface area contributed by atoms with E-state index in [1.165, 1.54) is 24.3 Å². The number of hydrogen-bond donors (Lipinski definition) is 3. The number of nitrogens with one attached hydrogen (secondary N) is 2. The molecular formula is C22H16FN3O3S. The maximum Gasteiger partial charge on any atom is 0.257 e. The van der Waals surface area contributed by atoms with Gasteiger partial charge in [0.05, 0.1) is 5.56 Å². The van der Waals surface area contributed by atoms with Gasteiger partial charge in [-0.05, 0) is 73.2 Å². The number of aryl methyl sites for hydroxylation is 1. The zero-order valence-corrected chi connectivity index (χ0v) is 16.6. The molecule has 30 heavy (non-hydrogen) atoms. The van der Waals surface area contributed by atoms with Crippen LogP contribution in [0.1, 0.15) is 15.9 Å². The van der Waals surface area contributed by atoms with Gasteiger partial charge >= 0.3 is 0 Å². The largest absolute Gasteiger partial charge is 0.507 e. The Hall–Kier alpha value is -3.78. The highest BCUT2D eigenvalue weighted by Crippen LogP contribution is 2.33. The summed E-state index contributed by atoms with van der Waals surface area (Å²) in [6.07, 6.45) is 0. The number of benzene rings is 3. The van der Waals surface area contributed by atoms with Gasteiger partial charge in [-0.3, -0.25) is 10.1 Å². The van der Waals surface area contributed by atoms with Crippen LogP contribution < -0.4 is 10.6 Å². The van der Waals surface area contributed by atoms with Crippen LogP contribution in [0.3, 0.4) is 0 Å². The van der Waals surface area contributed by atoms with Crippen molar-refractivity contribution >= 4 is 40.0 Å². The summed E-state index contributed by atoms with van der Waals surface area (Å²) >= 11 is 5.17. The third kappa shape index (κ3) is 4.13. The highest BCUT2D eigenvalue weighted by Gasteiger charge is 2.14. The molecule has 0 radical (unpaired) electrons. The molecule has 0 saturated heterocycles. The van der Waals surface area contributed by atoms with Crippen molar-refractivity contribution in [2.45, 2.75) is 6.92 Å². The van der Waals surface area contributed by atoms with Crippen molar-refractivity contribution in [1.29, 1.82) is 0 Å². The van der Waals surface area contributed by atoms with E-state index in [2.05, 4.69) is 15.6 Å². The van der Waals surface area contributed by atoms with Crippen LogP contribution in [0.5, 0.6) is 5.75 Å². The second-order valence-corrected chi connectivity index (χ2v) is 7.05. The predicted molar refractivity (Wildman–Crippen MR) is 116 cm³/mol. The minimum Gasteiger partial charge on any atom is -0.507 e. The van der Waals surface area contributed by atoms with E-state index in [1.807, 2.05) is 25.1 Å². The molecule has 1 aromatic heterocycles. The molecule has 4 aromatic rings. The lowest BCUT2D eigenvalue weighted by molar-refractivity contribution is 0.0977. The molecule has 1 amide bonds. The highest BCUT2D eigenvalue weighted by molar-refractivity contribution is 7.80. The zero-order chi connectivity index (χ0) is 21.3. The number of carbonyl (C=O) groups excluding carboxylic acids is 1. The predicted octanol–water partition coefficient (Wildman–Crippen LogP) is 4.77. The van der Waals surface area contributed by atoms with Crippen LogP contribution in [0, 0.1) is 12.7 Å². The minimum absolute atomic E-state index is 0.0152. The summed E-state index contributed by atoms with van der Waals surface area (Å²) in [5.41, 5.74) is 3.34.